The lowest BCUT2D eigenvalue weighted by atomic mass is 9.78. The molecule has 0 heterocycles. The minimum absolute atomic E-state index is 0.00671. The molecule has 0 radical (unpaired) electrons. The normalized spacial score (nSPS) is 21.8. The highest BCUT2D eigenvalue weighted by Gasteiger charge is 2.50. The van der Waals surface area contributed by atoms with Crippen molar-refractivity contribution in [2.45, 2.75) is 44.1 Å². The van der Waals surface area contributed by atoms with Crippen LogP contribution in [0.1, 0.15) is 49.1 Å². The molecule has 0 saturated heterocycles. The number of benzene rings is 2. The Morgan fingerprint density at radius 2 is 1.58 bits per heavy atom. The van der Waals surface area contributed by atoms with E-state index >= 15 is 0 Å². The maximum absolute atomic E-state index is 12.4. The summed E-state index contributed by atoms with van der Waals surface area (Å²) in [5.74, 6) is -0.726. The summed E-state index contributed by atoms with van der Waals surface area (Å²) in [6.45, 7) is 0.485. The van der Waals surface area contributed by atoms with Gasteiger partial charge in [-0.25, -0.2) is 4.79 Å². The average molecular weight is 449 g/mol. The minimum atomic E-state index is -0.834. The van der Waals surface area contributed by atoms with Crippen LogP contribution >= 0.6 is 0 Å². The van der Waals surface area contributed by atoms with Crippen molar-refractivity contribution in [3.8, 4) is 11.1 Å². The van der Waals surface area contributed by atoms with Gasteiger partial charge in [-0.15, -0.1) is 0 Å². The number of hydrogen-bond donors (Lipinski definition) is 3. The molecule has 2 aromatic carbocycles. The highest BCUT2D eigenvalue weighted by Crippen LogP contribution is 2.45. The first kappa shape index (κ1) is 21.5. The van der Waals surface area contributed by atoms with E-state index in [1.807, 2.05) is 24.3 Å². The second kappa shape index (κ2) is 8.54. The Balaban J connectivity index is 1.05. The molecule has 172 valence electrons. The molecule has 0 unspecified atom stereocenters. The first-order valence-corrected chi connectivity index (χ1v) is 11.6. The fraction of sp³-hybridized carbons (Fsp3) is 0.423. The molecular weight excluding hydrogens is 420 g/mol. The molecular formula is C26H28N2O5. The van der Waals surface area contributed by atoms with Gasteiger partial charge in [0.05, 0.1) is 5.41 Å². The van der Waals surface area contributed by atoms with Crippen molar-refractivity contribution in [1.82, 2.24) is 10.6 Å². The second-order valence-corrected chi connectivity index (χ2v) is 9.57. The van der Waals surface area contributed by atoms with Gasteiger partial charge in [0.15, 0.2) is 0 Å². The molecule has 3 aliphatic rings. The molecule has 7 nitrogen and oxygen atoms in total. The molecule has 0 bridgehead atoms. The van der Waals surface area contributed by atoms with Crippen molar-refractivity contribution in [3.05, 3.63) is 59.7 Å². The molecule has 0 aliphatic heterocycles. The fourth-order valence-corrected chi connectivity index (χ4v) is 5.05. The highest BCUT2D eigenvalue weighted by atomic mass is 16.5. The van der Waals surface area contributed by atoms with Crippen molar-refractivity contribution in [2.24, 2.45) is 11.3 Å². The van der Waals surface area contributed by atoms with Crippen molar-refractivity contribution in [1.29, 1.82) is 0 Å². The molecule has 3 aliphatic carbocycles. The van der Waals surface area contributed by atoms with Crippen LogP contribution in [-0.4, -0.2) is 42.3 Å². The second-order valence-electron chi connectivity index (χ2n) is 9.57. The molecule has 2 amide bonds. The molecule has 5 rings (SSSR count). The largest absolute Gasteiger partial charge is 0.481 e. The van der Waals surface area contributed by atoms with Crippen molar-refractivity contribution < 1.29 is 24.2 Å². The van der Waals surface area contributed by atoms with Gasteiger partial charge in [0.1, 0.15) is 6.61 Å². The van der Waals surface area contributed by atoms with Crippen LogP contribution in [-0.2, 0) is 14.3 Å². The molecule has 0 aromatic heterocycles. The maximum Gasteiger partial charge on any atom is 0.407 e. The van der Waals surface area contributed by atoms with E-state index in [2.05, 4.69) is 34.9 Å². The number of amides is 2. The van der Waals surface area contributed by atoms with E-state index in [9.17, 15) is 19.5 Å². The average Bonchev–Trinajstić information content (AvgIpc) is 3.52. The van der Waals surface area contributed by atoms with E-state index in [1.54, 1.807) is 0 Å². The van der Waals surface area contributed by atoms with Crippen LogP contribution < -0.4 is 10.6 Å². The van der Waals surface area contributed by atoms with Gasteiger partial charge in [-0.3, -0.25) is 9.59 Å². The summed E-state index contributed by atoms with van der Waals surface area (Å²) in [5, 5.41) is 14.8. The molecule has 2 saturated carbocycles. The summed E-state index contributed by atoms with van der Waals surface area (Å²) in [6, 6.07) is 16.4. The Hall–Kier alpha value is -3.35. The topological polar surface area (TPSA) is 105 Å². The monoisotopic (exact) mass is 448 g/mol. The van der Waals surface area contributed by atoms with Crippen molar-refractivity contribution in [2.75, 3.05) is 13.2 Å². The maximum atomic E-state index is 12.4. The van der Waals surface area contributed by atoms with E-state index in [0.717, 1.165) is 12.8 Å². The number of alkyl carbamates (subject to hydrolysis) is 1. The zero-order valence-corrected chi connectivity index (χ0v) is 18.4. The molecule has 0 atom stereocenters. The number of ether oxygens (including phenoxy) is 1. The Morgan fingerprint density at radius 1 is 0.970 bits per heavy atom. The highest BCUT2D eigenvalue weighted by molar-refractivity contribution is 5.81. The summed E-state index contributed by atoms with van der Waals surface area (Å²) in [7, 11) is 0. The van der Waals surface area contributed by atoms with Gasteiger partial charge < -0.3 is 20.5 Å². The lowest BCUT2D eigenvalue weighted by Gasteiger charge is -2.35. The van der Waals surface area contributed by atoms with Gasteiger partial charge in [-0.05, 0) is 53.9 Å². The van der Waals surface area contributed by atoms with E-state index < -0.39 is 17.5 Å². The van der Waals surface area contributed by atoms with E-state index in [-0.39, 0.29) is 36.9 Å². The summed E-state index contributed by atoms with van der Waals surface area (Å²) in [6.07, 6.45) is 2.63. The third-order valence-electron chi connectivity index (χ3n) is 7.31. The summed E-state index contributed by atoms with van der Waals surface area (Å²) >= 11 is 0. The third kappa shape index (κ3) is 4.32. The number of fused-ring (bicyclic) bond motifs is 3. The SMILES string of the molecule is O=C(CC1CC(NC(=O)OCC2c3ccccc3-c3ccccc32)C1)NCC1(C(=O)O)CC1. The molecule has 7 heteroatoms. The number of hydrogen-bond acceptors (Lipinski definition) is 4. The lowest BCUT2D eigenvalue weighted by molar-refractivity contribution is -0.143. The smallest absolute Gasteiger partial charge is 0.407 e. The molecule has 3 N–H and O–H groups in total. The predicted molar refractivity (Wildman–Crippen MR) is 122 cm³/mol. The standard InChI is InChI=1S/C26H28N2O5/c29-23(27-15-26(9-10-26)24(30)31)13-16-11-17(12-16)28-25(32)33-14-22-20-7-3-1-5-18(20)19-6-2-4-8-21(19)22/h1-8,16-17,22H,9-15H2,(H,27,29)(H,28,32)(H,30,31). The van der Waals surface area contributed by atoms with Gasteiger partial charge in [0.25, 0.3) is 0 Å². The van der Waals surface area contributed by atoms with Crippen LogP contribution in [0, 0.1) is 11.3 Å². The van der Waals surface area contributed by atoms with Gasteiger partial charge in [-0.1, -0.05) is 48.5 Å². The van der Waals surface area contributed by atoms with Crippen LogP contribution in [0.5, 0.6) is 0 Å². The van der Waals surface area contributed by atoms with E-state index in [0.29, 0.717) is 19.3 Å². The number of carboxylic acids is 1. The van der Waals surface area contributed by atoms with Gasteiger partial charge >= 0.3 is 12.1 Å². The number of nitrogens with one attached hydrogen (secondary N) is 2. The molecule has 33 heavy (non-hydrogen) atoms. The lowest BCUT2D eigenvalue weighted by Crippen LogP contribution is -2.46. The number of carboxylic acid groups (broad SMARTS) is 1. The first-order valence-electron chi connectivity index (χ1n) is 11.6. The number of rotatable bonds is 8. The minimum Gasteiger partial charge on any atom is -0.481 e. The zero-order chi connectivity index (χ0) is 23.0. The van der Waals surface area contributed by atoms with Gasteiger partial charge in [0, 0.05) is 24.9 Å². The molecule has 0 spiro atoms. The van der Waals surface area contributed by atoms with Crippen LogP contribution in [0.2, 0.25) is 0 Å². The van der Waals surface area contributed by atoms with Crippen LogP contribution in [0.15, 0.2) is 48.5 Å². The molecule has 2 aromatic rings. The Bertz CT molecular complexity index is 1040. The van der Waals surface area contributed by atoms with Crippen LogP contribution in [0.3, 0.4) is 0 Å². The summed E-state index contributed by atoms with van der Waals surface area (Å²) in [4.78, 5) is 35.7. The number of carbonyl (C=O) groups excluding carboxylic acids is 2. The van der Waals surface area contributed by atoms with Crippen LogP contribution in [0.4, 0.5) is 4.79 Å². The Morgan fingerprint density at radius 3 is 2.15 bits per heavy atom. The van der Waals surface area contributed by atoms with E-state index in [1.165, 1.54) is 22.3 Å². The number of carbonyl (C=O) groups is 3. The van der Waals surface area contributed by atoms with Gasteiger partial charge in [0.2, 0.25) is 5.91 Å². The Labute approximate surface area is 192 Å². The quantitative estimate of drug-likeness (QED) is 0.572. The van der Waals surface area contributed by atoms with Crippen molar-refractivity contribution >= 4 is 18.0 Å². The Kier molecular flexibility index (Phi) is 5.56. The summed E-state index contributed by atoms with van der Waals surface area (Å²) in [5.41, 5.74) is 3.99. The summed E-state index contributed by atoms with van der Waals surface area (Å²) < 4.78 is 5.58. The van der Waals surface area contributed by atoms with Crippen LogP contribution in [0.25, 0.3) is 11.1 Å². The first-order chi connectivity index (χ1) is 15.9. The molecule has 2 fully saturated rings. The fourth-order valence-electron chi connectivity index (χ4n) is 5.05. The zero-order valence-electron chi connectivity index (χ0n) is 18.4. The predicted octanol–water partition coefficient (Wildman–Crippen LogP) is 3.67. The van der Waals surface area contributed by atoms with E-state index in [4.69, 9.17) is 4.74 Å². The third-order valence-corrected chi connectivity index (χ3v) is 7.31. The number of aliphatic carboxylic acids is 1. The van der Waals surface area contributed by atoms with Gasteiger partial charge in [-0.2, -0.15) is 0 Å². The van der Waals surface area contributed by atoms with Crippen molar-refractivity contribution in [3.63, 3.8) is 0 Å².